The Kier molecular flexibility index (Phi) is 2.28. The second-order valence-electron chi connectivity index (χ2n) is 4.34. The maximum atomic E-state index is 11.3. The van der Waals surface area contributed by atoms with Gasteiger partial charge < -0.3 is 9.80 Å². The van der Waals surface area contributed by atoms with Crippen molar-refractivity contribution in [3.63, 3.8) is 0 Å². The number of carbonyl (C=O) groups is 1. The number of carbonyl (C=O) groups excluding carboxylic acids is 1. The maximum absolute atomic E-state index is 11.3. The fourth-order valence-corrected chi connectivity index (χ4v) is 2.79. The second kappa shape index (κ2) is 3.29. The first-order chi connectivity index (χ1) is 6.18. The molecule has 0 aromatic carbocycles. The van der Waals surface area contributed by atoms with E-state index in [-0.39, 0.29) is 5.91 Å². The SMILES string of the molecule is [CH2-][NH+]1C[C@@H]2CCCN(C(C)=O)[C@@H]2C1. The third kappa shape index (κ3) is 1.57. The Morgan fingerprint density at radius 2 is 2.31 bits per heavy atom. The number of rotatable bonds is 0. The number of piperidine rings is 1. The van der Waals surface area contributed by atoms with Crippen molar-refractivity contribution in [3.8, 4) is 0 Å². The molecule has 0 saturated carbocycles. The van der Waals surface area contributed by atoms with Gasteiger partial charge in [-0.05, 0) is 12.8 Å². The predicted molar refractivity (Wildman–Crippen MR) is 50.0 cm³/mol. The van der Waals surface area contributed by atoms with E-state index in [1.165, 1.54) is 17.7 Å². The van der Waals surface area contributed by atoms with Crippen molar-refractivity contribution in [2.75, 3.05) is 19.6 Å². The Morgan fingerprint density at radius 3 is 3.00 bits per heavy atom. The average molecular weight is 182 g/mol. The number of hydrogen-bond donors (Lipinski definition) is 1. The molecule has 0 aliphatic carbocycles. The lowest BCUT2D eigenvalue weighted by Gasteiger charge is -2.34. The summed E-state index contributed by atoms with van der Waals surface area (Å²) in [4.78, 5) is 14.7. The summed E-state index contributed by atoms with van der Waals surface area (Å²) in [6.45, 7) is 4.84. The molecule has 3 nitrogen and oxygen atoms in total. The third-order valence-corrected chi connectivity index (χ3v) is 3.37. The Balaban J connectivity index is 2.09. The smallest absolute Gasteiger partial charge is 0.219 e. The lowest BCUT2D eigenvalue weighted by Crippen LogP contribution is -3.05. The maximum Gasteiger partial charge on any atom is 0.219 e. The molecule has 2 heterocycles. The summed E-state index contributed by atoms with van der Waals surface area (Å²) in [6, 6.07) is 0.485. The lowest BCUT2D eigenvalue weighted by molar-refractivity contribution is -0.842. The van der Waals surface area contributed by atoms with E-state index >= 15 is 0 Å². The highest BCUT2D eigenvalue weighted by molar-refractivity contribution is 5.73. The Bertz CT molecular complexity index is 217. The van der Waals surface area contributed by atoms with Crippen molar-refractivity contribution in [2.24, 2.45) is 5.92 Å². The van der Waals surface area contributed by atoms with Gasteiger partial charge in [0.25, 0.3) is 0 Å². The topological polar surface area (TPSA) is 24.8 Å². The van der Waals surface area contributed by atoms with E-state index in [4.69, 9.17) is 0 Å². The first-order valence-corrected chi connectivity index (χ1v) is 5.12. The van der Waals surface area contributed by atoms with E-state index in [9.17, 15) is 4.79 Å². The molecular formula is C10H18N2O. The van der Waals surface area contributed by atoms with Gasteiger partial charge in [0.05, 0.1) is 19.1 Å². The first-order valence-electron chi connectivity index (χ1n) is 5.12. The van der Waals surface area contributed by atoms with E-state index in [1.54, 1.807) is 6.92 Å². The molecule has 1 N–H and O–H groups in total. The van der Waals surface area contributed by atoms with E-state index in [0.717, 1.165) is 19.6 Å². The number of fused-ring (bicyclic) bond motifs is 1. The summed E-state index contributed by atoms with van der Waals surface area (Å²) >= 11 is 0. The van der Waals surface area contributed by atoms with Crippen LogP contribution in [0.25, 0.3) is 0 Å². The molecular weight excluding hydrogens is 164 g/mol. The van der Waals surface area contributed by atoms with Gasteiger partial charge in [-0.3, -0.25) is 4.79 Å². The Hall–Kier alpha value is -0.570. The van der Waals surface area contributed by atoms with Crippen LogP contribution < -0.4 is 4.90 Å². The summed E-state index contributed by atoms with van der Waals surface area (Å²) in [5.41, 5.74) is 0. The molecule has 0 aromatic rings. The molecule has 2 saturated heterocycles. The van der Waals surface area contributed by atoms with E-state index < -0.39 is 0 Å². The van der Waals surface area contributed by atoms with Crippen LogP contribution in [0.4, 0.5) is 0 Å². The van der Waals surface area contributed by atoms with Crippen LogP contribution in [0.3, 0.4) is 0 Å². The van der Waals surface area contributed by atoms with Crippen molar-refractivity contribution in [1.82, 2.24) is 4.90 Å². The number of nitrogens with one attached hydrogen (secondary N) is 1. The minimum atomic E-state index is 0.240. The van der Waals surface area contributed by atoms with E-state index in [2.05, 4.69) is 7.05 Å². The first kappa shape index (κ1) is 9.00. The summed E-state index contributed by atoms with van der Waals surface area (Å²) in [7, 11) is 4.03. The average Bonchev–Trinajstić information content (AvgIpc) is 2.43. The molecule has 0 aromatic heterocycles. The molecule has 0 radical (unpaired) electrons. The number of hydrogen-bond acceptors (Lipinski definition) is 1. The van der Waals surface area contributed by atoms with Crippen molar-refractivity contribution in [1.29, 1.82) is 0 Å². The molecule has 2 aliphatic heterocycles. The molecule has 0 bridgehead atoms. The Morgan fingerprint density at radius 1 is 1.54 bits per heavy atom. The van der Waals surface area contributed by atoms with Gasteiger partial charge in [-0.2, -0.15) is 7.05 Å². The molecule has 1 amide bonds. The van der Waals surface area contributed by atoms with Gasteiger partial charge in [-0.1, -0.05) is 0 Å². The van der Waals surface area contributed by atoms with Gasteiger partial charge in [-0.25, -0.2) is 0 Å². The number of amides is 1. The standard InChI is InChI=1S/C10H18N2O/c1-8(13)12-5-3-4-9-6-11(2)7-10(9)12/h9-11H,2-7H2,1H3/t9-,10+/m0/s1. The van der Waals surface area contributed by atoms with Gasteiger partial charge in [0, 0.05) is 19.4 Å². The highest BCUT2D eigenvalue weighted by Crippen LogP contribution is 2.24. The van der Waals surface area contributed by atoms with Gasteiger partial charge in [0.1, 0.15) is 0 Å². The number of nitrogens with zero attached hydrogens (tertiary/aromatic N) is 1. The third-order valence-electron chi connectivity index (χ3n) is 3.37. The molecule has 74 valence electrons. The molecule has 2 aliphatic rings. The Labute approximate surface area is 79.7 Å². The minimum Gasteiger partial charge on any atom is -0.466 e. The van der Waals surface area contributed by atoms with Crippen LogP contribution >= 0.6 is 0 Å². The zero-order chi connectivity index (χ0) is 9.42. The van der Waals surface area contributed by atoms with E-state index in [1.807, 2.05) is 4.90 Å². The molecule has 0 spiro atoms. The zero-order valence-corrected chi connectivity index (χ0v) is 8.25. The molecule has 3 atom stereocenters. The molecule has 13 heavy (non-hydrogen) atoms. The van der Waals surface area contributed by atoms with Crippen molar-refractivity contribution in [3.05, 3.63) is 7.05 Å². The van der Waals surface area contributed by atoms with Gasteiger partial charge >= 0.3 is 0 Å². The normalized spacial score (nSPS) is 38.9. The molecule has 3 heteroatoms. The van der Waals surface area contributed by atoms with Crippen LogP contribution in [0.15, 0.2) is 0 Å². The fraction of sp³-hybridized carbons (Fsp3) is 0.800. The largest absolute Gasteiger partial charge is 0.466 e. The molecule has 2 fully saturated rings. The van der Waals surface area contributed by atoms with Crippen molar-refractivity contribution in [2.45, 2.75) is 25.8 Å². The highest BCUT2D eigenvalue weighted by Gasteiger charge is 2.39. The van der Waals surface area contributed by atoms with Crippen LogP contribution in [0, 0.1) is 13.0 Å². The summed E-state index contributed by atoms with van der Waals surface area (Å²) in [5.74, 6) is 0.953. The van der Waals surface area contributed by atoms with E-state index in [0.29, 0.717) is 12.0 Å². The summed E-state index contributed by atoms with van der Waals surface area (Å²) < 4.78 is 0. The monoisotopic (exact) mass is 182 g/mol. The van der Waals surface area contributed by atoms with Crippen LogP contribution in [-0.2, 0) is 4.79 Å². The molecule has 1 unspecified atom stereocenters. The number of likely N-dealkylation sites (tertiary alicyclic amines) is 2. The summed E-state index contributed by atoms with van der Waals surface area (Å²) in [5, 5.41) is 0. The van der Waals surface area contributed by atoms with Crippen molar-refractivity contribution >= 4 is 5.91 Å². The van der Waals surface area contributed by atoms with Crippen molar-refractivity contribution < 1.29 is 9.69 Å². The predicted octanol–water partition coefficient (Wildman–Crippen LogP) is -0.696. The van der Waals surface area contributed by atoms with Crippen LogP contribution in [0.2, 0.25) is 0 Å². The lowest BCUT2D eigenvalue weighted by atomic mass is 9.92. The highest BCUT2D eigenvalue weighted by atomic mass is 16.2. The van der Waals surface area contributed by atoms with Crippen LogP contribution in [0.5, 0.6) is 0 Å². The van der Waals surface area contributed by atoms with Crippen LogP contribution in [0.1, 0.15) is 19.8 Å². The second-order valence-corrected chi connectivity index (χ2v) is 4.34. The quantitative estimate of drug-likeness (QED) is 0.493. The number of quaternary nitrogens is 1. The fourth-order valence-electron chi connectivity index (χ4n) is 2.79. The van der Waals surface area contributed by atoms with Gasteiger partial charge in [0.15, 0.2) is 0 Å². The van der Waals surface area contributed by atoms with Gasteiger partial charge in [-0.15, -0.1) is 0 Å². The minimum absolute atomic E-state index is 0.240. The zero-order valence-electron chi connectivity index (χ0n) is 8.25. The summed E-state index contributed by atoms with van der Waals surface area (Å²) in [6.07, 6.45) is 2.46. The molecule has 2 rings (SSSR count). The van der Waals surface area contributed by atoms with Crippen LogP contribution in [-0.4, -0.2) is 36.5 Å². The van der Waals surface area contributed by atoms with Gasteiger partial charge in [0.2, 0.25) is 5.91 Å².